The summed E-state index contributed by atoms with van der Waals surface area (Å²) >= 11 is 1.93. The van der Waals surface area contributed by atoms with E-state index in [-0.39, 0.29) is 0 Å². The molecule has 0 N–H and O–H groups in total. The van der Waals surface area contributed by atoms with Crippen molar-refractivity contribution < 1.29 is 0 Å². The average Bonchev–Trinajstić information content (AvgIpc) is 2.89. The maximum Gasteiger partial charge on any atom is 0.0912 e. The van der Waals surface area contributed by atoms with Gasteiger partial charge in [0.1, 0.15) is 0 Å². The van der Waals surface area contributed by atoms with Crippen molar-refractivity contribution >= 4 is 16.3 Å². The maximum atomic E-state index is 2.69. The molecule has 1 aromatic rings. The molecule has 2 aliphatic heterocycles. The zero-order chi connectivity index (χ0) is 13.9. The highest BCUT2D eigenvalue weighted by atomic mass is 32.1. The van der Waals surface area contributed by atoms with Crippen LogP contribution in [0.5, 0.6) is 0 Å². The smallest absolute Gasteiger partial charge is 0.0912 e. The molecule has 0 aliphatic carbocycles. The van der Waals surface area contributed by atoms with E-state index in [9.17, 15) is 0 Å². The van der Waals surface area contributed by atoms with Crippen molar-refractivity contribution in [1.82, 2.24) is 9.80 Å². The quantitative estimate of drug-likeness (QED) is 0.848. The molecule has 3 heterocycles. The number of thiophene rings is 1. The van der Waals surface area contributed by atoms with Crippen LogP contribution < -0.4 is 4.90 Å². The summed E-state index contributed by atoms with van der Waals surface area (Å²) in [4.78, 5) is 9.14. The zero-order valence-electron chi connectivity index (χ0n) is 12.8. The summed E-state index contributed by atoms with van der Waals surface area (Å²) in [6.45, 7) is 11.0. The van der Waals surface area contributed by atoms with Gasteiger partial charge in [-0.2, -0.15) is 0 Å². The van der Waals surface area contributed by atoms with Crippen molar-refractivity contribution in [3.8, 4) is 0 Å². The molecule has 2 fully saturated rings. The van der Waals surface area contributed by atoms with Gasteiger partial charge in [0.05, 0.1) is 5.00 Å². The van der Waals surface area contributed by atoms with E-state index in [1.54, 1.807) is 0 Å². The Hall–Kier alpha value is -0.580. The first-order valence-electron chi connectivity index (χ1n) is 7.93. The summed E-state index contributed by atoms with van der Waals surface area (Å²) in [6, 6.07) is 4.53. The molecule has 2 aliphatic rings. The van der Waals surface area contributed by atoms with Gasteiger partial charge in [0, 0.05) is 37.6 Å². The van der Waals surface area contributed by atoms with Crippen LogP contribution in [0.2, 0.25) is 0 Å². The molecule has 3 rings (SSSR count). The van der Waals surface area contributed by atoms with Crippen molar-refractivity contribution in [2.45, 2.75) is 19.8 Å². The Kier molecular flexibility index (Phi) is 4.64. The number of piperidine rings is 1. The van der Waals surface area contributed by atoms with E-state index < -0.39 is 0 Å². The van der Waals surface area contributed by atoms with Crippen LogP contribution in [-0.2, 0) is 0 Å². The first kappa shape index (κ1) is 14.4. The molecule has 0 aromatic carbocycles. The Bertz CT molecular complexity index is 415. The van der Waals surface area contributed by atoms with Gasteiger partial charge in [-0.1, -0.05) is 0 Å². The Labute approximate surface area is 127 Å². The number of aryl methyl sites for hydroxylation is 1. The molecule has 1 aromatic heterocycles. The van der Waals surface area contributed by atoms with Crippen molar-refractivity contribution in [3.05, 3.63) is 17.0 Å². The molecule has 0 spiro atoms. The van der Waals surface area contributed by atoms with Gasteiger partial charge in [0.25, 0.3) is 0 Å². The number of anilines is 1. The summed E-state index contributed by atoms with van der Waals surface area (Å²) in [6.07, 6.45) is 2.78. The summed E-state index contributed by atoms with van der Waals surface area (Å²) in [5.41, 5.74) is 0. The topological polar surface area (TPSA) is 9.72 Å². The minimum absolute atomic E-state index is 0.932. The Balaban J connectivity index is 1.44. The van der Waals surface area contributed by atoms with E-state index in [2.05, 4.69) is 40.8 Å². The summed E-state index contributed by atoms with van der Waals surface area (Å²) in [5.74, 6) is 0.932. The van der Waals surface area contributed by atoms with Gasteiger partial charge >= 0.3 is 0 Å². The molecule has 0 saturated carbocycles. The largest absolute Gasteiger partial charge is 0.361 e. The highest BCUT2D eigenvalue weighted by Gasteiger charge is 2.23. The Morgan fingerprint density at radius 3 is 2.35 bits per heavy atom. The molecule has 0 atom stereocenters. The molecule has 4 heteroatoms. The number of rotatable bonds is 3. The molecule has 20 heavy (non-hydrogen) atoms. The van der Waals surface area contributed by atoms with Crippen LogP contribution in [0.1, 0.15) is 17.7 Å². The fourth-order valence-corrected chi connectivity index (χ4v) is 4.27. The van der Waals surface area contributed by atoms with Gasteiger partial charge < -0.3 is 9.80 Å². The van der Waals surface area contributed by atoms with Crippen LogP contribution in [-0.4, -0.2) is 62.7 Å². The number of hydrogen-bond acceptors (Lipinski definition) is 4. The number of likely N-dealkylation sites (tertiary alicyclic amines) is 1. The summed E-state index contributed by atoms with van der Waals surface area (Å²) in [5, 5.41) is 1.46. The van der Waals surface area contributed by atoms with E-state index in [0.29, 0.717) is 0 Å². The monoisotopic (exact) mass is 293 g/mol. The van der Waals surface area contributed by atoms with Crippen LogP contribution >= 0.6 is 11.3 Å². The molecule has 0 amide bonds. The molecule has 0 radical (unpaired) electrons. The number of hydrogen-bond donors (Lipinski definition) is 0. The molecule has 112 valence electrons. The van der Waals surface area contributed by atoms with E-state index >= 15 is 0 Å². The predicted octanol–water partition coefficient (Wildman–Crippen LogP) is 2.52. The van der Waals surface area contributed by atoms with Gasteiger partial charge in [-0.05, 0) is 58.0 Å². The Morgan fingerprint density at radius 2 is 1.75 bits per heavy atom. The zero-order valence-corrected chi connectivity index (χ0v) is 13.7. The highest BCUT2D eigenvalue weighted by Crippen LogP contribution is 2.26. The lowest BCUT2D eigenvalue weighted by atomic mass is 9.96. The van der Waals surface area contributed by atoms with Gasteiger partial charge in [-0.15, -0.1) is 11.3 Å². The van der Waals surface area contributed by atoms with E-state index in [4.69, 9.17) is 0 Å². The van der Waals surface area contributed by atoms with Crippen LogP contribution in [0, 0.1) is 12.8 Å². The lowest BCUT2D eigenvalue weighted by Crippen LogP contribution is -2.48. The molecule has 0 unspecified atom stereocenters. The summed E-state index contributed by atoms with van der Waals surface area (Å²) in [7, 11) is 2.25. The standard InChI is InChI=1S/C16H27N3S/c1-14-3-4-16(20-14)19-11-9-18(10-12-19)13-15-5-7-17(2)8-6-15/h3-4,15H,5-13H2,1-2H3. The van der Waals surface area contributed by atoms with Crippen molar-refractivity contribution in [2.75, 3.05) is 57.8 Å². The molecule has 2 saturated heterocycles. The van der Waals surface area contributed by atoms with Crippen LogP contribution in [0.4, 0.5) is 5.00 Å². The first-order valence-corrected chi connectivity index (χ1v) is 8.74. The fraction of sp³-hybridized carbons (Fsp3) is 0.750. The normalized spacial score (nSPS) is 23.4. The third kappa shape index (κ3) is 3.54. The van der Waals surface area contributed by atoms with Gasteiger partial charge in [-0.25, -0.2) is 0 Å². The number of piperazine rings is 1. The minimum Gasteiger partial charge on any atom is -0.361 e. The average molecular weight is 293 g/mol. The van der Waals surface area contributed by atoms with Gasteiger partial charge in [0.15, 0.2) is 0 Å². The van der Waals surface area contributed by atoms with Crippen molar-refractivity contribution in [3.63, 3.8) is 0 Å². The lowest BCUT2D eigenvalue weighted by Gasteiger charge is -2.38. The second kappa shape index (κ2) is 6.46. The molecular weight excluding hydrogens is 266 g/mol. The molecular formula is C16H27N3S. The van der Waals surface area contributed by atoms with Crippen LogP contribution in [0.25, 0.3) is 0 Å². The van der Waals surface area contributed by atoms with Gasteiger partial charge in [0.2, 0.25) is 0 Å². The maximum absolute atomic E-state index is 2.69. The second-order valence-electron chi connectivity index (χ2n) is 6.42. The summed E-state index contributed by atoms with van der Waals surface area (Å²) < 4.78 is 0. The van der Waals surface area contributed by atoms with Crippen molar-refractivity contribution in [1.29, 1.82) is 0 Å². The second-order valence-corrected chi connectivity index (χ2v) is 7.68. The number of nitrogens with zero attached hydrogens (tertiary/aromatic N) is 3. The molecule has 3 nitrogen and oxygen atoms in total. The van der Waals surface area contributed by atoms with Crippen LogP contribution in [0.15, 0.2) is 12.1 Å². The first-order chi connectivity index (χ1) is 9.70. The van der Waals surface area contributed by atoms with Gasteiger partial charge in [-0.3, -0.25) is 4.90 Å². The van der Waals surface area contributed by atoms with Crippen molar-refractivity contribution in [2.24, 2.45) is 5.92 Å². The van der Waals surface area contributed by atoms with Crippen LogP contribution in [0.3, 0.4) is 0 Å². The van der Waals surface area contributed by atoms with E-state index in [1.807, 2.05) is 11.3 Å². The highest BCUT2D eigenvalue weighted by molar-refractivity contribution is 7.16. The molecule has 0 bridgehead atoms. The SMILES string of the molecule is Cc1ccc(N2CCN(CC3CCN(C)CC3)CC2)s1. The lowest BCUT2D eigenvalue weighted by molar-refractivity contribution is 0.156. The minimum atomic E-state index is 0.932. The third-order valence-electron chi connectivity index (χ3n) is 4.76. The van der Waals surface area contributed by atoms with E-state index in [0.717, 1.165) is 5.92 Å². The Morgan fingerprint density at radius 1 is 1.05 bits per heavy atom. The predicted molar refractivity (Wildman–Crippen MR) is 87.9 cm³/mol. The fourth-order valence-electron chi connectivity index (χ4n) is 3.35. The van der Waals surface area contributed by atoms with E-state index in [1.165, 1.54) is 68.5 Å². The third-order valence-corrected chi connectivity index (χ3v) is 5.83.